The van der Waals surface area contributed by atoms with E-state index in [2.05, 4.69) is 117 Å². The summed E-state index contributed by atoms with van der Waals surface area (Å²) < 4.78 is 0. The van der Waals surface area contributed by atoms with Crippen molar-refractivity contribution in [2.24, 2.45) is 0 Å². The molecule has 31 heavy (non-hydrogen) atoms. The first kappa shape index (κ1) is 19.1. The molecule has 0 bridgehead atoms. The minimum absolute atomic E-state index is 0.987. The molecule has 0 aliphatic carbocycles. The summed E-state index contributed by atoms with van der Waals surface area (Å²) in [5.41, 5.74) is 10.3. The molecule has 0 fully saturated rings. The molecule has 2 heteroatoms. The van der Waals surface area contributed by atoms with Gasteiger partial charge in [0, 0.05) is 11.1 Å². The lowest BCUT2D eigenvalue weighted by atomic mass is 9.93. The van der Waals surface area contributed by atoms with Crippen LogP contribution < -0.4 is 5.46 Å². The predicted octanol–water partition coefficient (Wildman–Crippen LogP) is 6.01. The van der Waals surface area contributed by atoms with Crippen molar-refractivity contribution in [2.45, 2.75) is 0 Å². The molecule has 0 radical (unpaired) electrons. The highest BCUT2D eigenvalue weighted by atomic mass is 14.7. The Bertz CT molecular complexity index is 1290. The molecule has 0 amide bonds. The third-order valence-corrected chi connectivity index (χ3v) is 5.57. The first-order valence-electron chi connectivity index (χ1n) is 10.6. The molecule has 0 N–H and O–H groups in total. The summed E-state index contributed by atoms with van der Waals surface area (Å²) in [7, 11) is 2.11. The standard InChI is InChI=1S/C29H22BN/c30-27-17-15-25(16-18-27)29-20-26(19-28(31-29)24-9-5-2-6-10-24)23-13-11-22(12-14-23)21-7-3-1-4-8-21/h1-20H,30H2. The lowest BCUT2D eigenvalue weighted by Crippen LogP contribution is -2.00. The Balaban J connectivity index is 1.60. The Hall–Kier alpha value is -3.91. The second kappa shape index (κ2) is 8.45. The molecule has 1 heterocycles. The molecule has 1 nitrogen and oxygen atoms in total. The second-order valence-corrected chi connectivity index (χ2v) is 7.80. The average molecular weight is 395 g/mol. The van der Waals surface area contributed by atoms with E-state index in [0.717, 1.165) is 22.5 Å². The highest BCUT2D eigenvalue weighted by molar-refractivity contribution is 6.32. The molecule has 4 aromatic carbocycles. The molecule has 0 saturated heterocycles. The Labute approximate surface area is 184 Å². The highest BCUT2D eigenvalue weighted by Crippen LogP contribution is 2.31. The molecule has 5 aromatic rings. The zero-order valence-electron chi connectivity index (χ0n) is 17.5. The van der Waals surface area contributed by atoms with Gasteiger partial charge in [0.05, 0.1) is 11.4 Å². The quantitative estimate of drug-likeness (QED) is 0.340. The lowest BCUT2D eigenvalue weighted by molar-refractivity contribution is 1.32. The van der Waals surface area contributed by atoms with Crippen molar-refractivity contribution in [2.75, 3.05) is 0 Å². The van der Waals surface area contributed by atoms with E-state index in [0.29, 0.717) is 0 Å². The Kier molecular flexibility index (Phi) is 5.20. The van der Waals surface area contributed by atoms with Crippen molar-refractivity contribution in [1.82, 2.24) is 4.98 Å². The van der Waals surface area contributed by atoms with Gasteiger partial charge in [0.1, 0.15) is 7.85 Å². The van der Waals surface area contributed by atoms with Gasteiger partial charge in [-0.05, 0) is 34.4 Å². The van der Waals surface area contributed by atoms with Crippen LogP contribution >= 0.6 is 0 Å². The molecule has 146 valence electrons. The minimum atomic E-state index is 0.987. The molecular formula is C29H22BN. The number of hydrogen-bond acceptors (Lipinski definition) is 1. The van der Waals surface area contributed by atoms with Crippen LogP contribution in [0.3, 0.4) is 0 Å². The van der Waals surface area contributed by atoms with E-state index in [1.165, 1.54) is 27.7 Å². The molecule has 0 aliphatic heterocycles. The van der Waals surface area contributed by atoms with Crippen LogP contribution in [-0.4, -0.2) is 12.8 Å². The zero-order valence-corrected chi connectivity index (χ0v) is 17.5. The Morgan fingerprint density at radius 3 is 1.32 bits per heavy atom. The number of rotatable bonds is 4. The average Bonchev–Trinajstić information content (AvgIpc) is 2.85. The zero-order chi connectivity index (χ0) is 21.0. The van der Waals surface area contributed by atoms with Gasteiger partial charge in [-0.3, -0.25) is 0 Å². The van der Waals surface area contributed by atoms with Gasteiger partial charge >= 0.3 is 0 Å². The van der Waals surface area contributed by atoms with Crippen LogP contribution in [0.4, 0.5) is 0 Å². The first-order valence-corrected chi connectivity index (χ1v) is 10.6. The molecular weight excluding hydrogens is 373 g/mol. The molecule has 0 saturated carbocycles. The van der Waals surface area contributed by atoms with Gasteiger partial charge in [-0.2, -0.15) is 0 Å². The van der Waals surface area contributed by atoms with Gasteiger partial charge in [0.25, 0.3) is 0 Å². The van der Waals surface area contributed by atoms with Crippen molar-refractivity contribution < 1.29 is 0 Å². The van der Waals surface area contributed by atoms with Gasteiger partial charge in [0.2, 0.25) is 0 Å². The number of pyridine rings is 1. The molecule has 0 aliphatic rings. The van der Waals surface area contributed by atoms with Crippen molar-refractivity contribution in [1.29, 1.82) is 0 Å². The predicted molar refractivity (Wildman–Crippen MR) is 134 cm³/mol. The SMILES string of the molecule is Bc1ccc(-c2cc(-c3ccc(-c4ccccc4)cc3)cc(-c3ccccc3)n2)cc1. The third-order valence-electron chi connectivity index (χ3n) is 5.57. The maximum absolute atomic E-state index is 4.99. The van der Waals surface area contributed by atoms with Gasteiger partial charge in [-0.15, -0.1) is 0 Å². The van der Waals surface area contributed by atoms with E-state index < -0.39 is 0 Å². The molecule has 0 spiro atoms. The molecule has 5 rings (SSSR count). The number of nitrogens with zero attached hydrogens (tertiary/aromatic N) is 1. The van der Waals surface area contributed by atoms with Crippen LogP contribution in [0.5, 0.6) is 0 Å². The summed E-state index contributed by atoms with van der Waals surface area (Å²) in [6.45, 7) is 0. The minimum Gasteiger partial charge on any atom is -0.248 e. The van der Waals surface area contributed by atoms with Crippen LogP contribution in [0.25, 0.3) is 44.8 Å². The normalized spacial score (nSPS) is 10.7. The number of hydrogen-bond donors (Lipinski definition) is 0. The van der Waals surface area contributed by atoms with Crippen LogP contribution in [0.2, 0.25) is 0 Å². The van der Waals surface area contributed by atoms with Crippen molar-refractivity contribution in [3.05, 3.63) is 121 Å². The van der Waals surface area contributed by atoms with E-state index in [1.807, 2.05) is 12.1 Å². The summed E-state index contributed by atoms with van der Waals surface area (Å²) in [6, 6.07) is 42.6. The molecule has 0 unspecified atom stereocenters. The van der Waals surface area contributed by atoms with Gasteiger partial charge < -0.3 is 0 Å². The largest absolute Gasteiger partial charge is 0.248 e. The van der Waals surface area contributed by atoms with E-state index in [1.54, 1.807) is 0 Å². The number of aromatic nitrogens is 1. The maximum Gasteiger partial charge on any atom is 0.139 e. The van der Waals surface area contributed by atoms with Crippen molar-refractivity contribution >= 4 is 13.3 Å². The summed E-state index contributed by atoms with van der Waals surface area (Å²) in [4.78, 5) is 4.99. The van der Waals surface area contributed by atoms with Gasteiger partial charge in [0.15, 0.2) is 0 Å². The third kappa shape index (κ3) is 4.20. The van der Waals surface area contributed by atoms with E-state index in [-0.39, 0.29) is 0 Å². The van der Waals surface area contributed by atoms with Gasteiger partial charge in [-0.25, -0.2) is 4.98 Å². The van der Waals surface area contributed by atoms with Crippen LogP contribution in [-0.2, 0) is 0 Å². The van der Waals surface area contributed by atoms with E-state index in [9.17, 15) is 0 Å². The monoisotopic (exact) mass is 395 g/mol. The fourth-order valence-corrected chi connectivity index (χ4v) is 3.81. The maximum atomic E-state index is 4.99. The van der Waals surface area contributed by atoms with Crippen LogP contribution in [0, 0.1) is 0 Å². The fourth-order valence-electron chi connectivity index (χ4n) is 3.81. The Morgan fingerprint density at radius 1 is 0.387 bits per heavy atom. The highest BCUT2D eigenvalue weighted by Gasteiger charge is 2.09. The molecule has 1 aromatic heterocycles. The lowest BCUT2D eigenvalue weighted by Gasteiger charge is -2.11. The number of benzene rings is 4. The summed E-state index contributed by atoms with van der Waals surface area (Å²) in [5, 5.41) is 0. The smallest absolute Gasteiger partial charge is 0.139 e. The first-order chi connectivity index (χ1) is 15.3. The van der Waals surface area contributed by atoms with Crippen molar-refractivity contribution in [3.8, 4) is 44.8 Å². The van der Waals surface area contributed by atoms with Crippen molar-refractivity contribution in [3.63, 3.8) is 0 Å². The molecule has 0 atom stereocenters. The van der Waals surface area contributed by atoms with Crippen LogP contribution in [0.1, 0.15) is 0 Å². The second-order valence-electron chi connectivity index (χ2n) is 7.80. The summed E-state index contributed by atoms with van der Waals surface area (Å²) >= 11 is 0. The van der Waals surface area contributed by atoms with E-state index in [4.69, 9.17) is 4.98 Å². The van der Waals surface area contributed by atoms with Crippen LogP contribution in [0.15, 0.2) is 121 Å². The summed E-state index contributed by atoms with van der Waals surface area (Å²) in [5.74, 6) is 0. The van der Waals surface area contributed by atoms with Gasteiger partial charge in [-0.1, -0.05) is 115 Å². The fraction of sp³-hybridized carbons (Fsp3) is 0. The Morgan fingerprint density at radius 2 is 0.774 bits per heavy atom. The summed E-state index contributed by atoms with van der Waals surface area (Å²) in [6.07, 6.45) is 0. The van der Waals surface area contributed by atoms with E-state index >= 15 is 0 Å². The topological polar surface area (TPSA) is 12.9 Å².